The van der Waals surface area contributed by atoms with Crippen molar-refractivity contribution in [1.82, 2.24) is 4.90 Å². The Morgan fingerprint density at radius 1 is 1.23 bits per heavy atom. The Hall–Kier alpha value is 0.270. The Bertz CT molecular complexity index is 109. The van der Waals surface area contributed by atoms with E-state index >= 15 is 0 Å². The SMILES string of the molecule is CSCCCN(CCCO)C(C)C. The van der Waals surface area contributed by atoms with Crippen LogP contribution < -0.4 is 0 Å². The molecule has 0 bridgehead atoms. The molecule has 0 atom stereocenters. The van der Waals surface area contributed by atoms with Crippen LogP contribution in [0.2, 0.25) is 0 Å². The molecule has 0 rings (SSSR count). The summed E-state index contributed by atoms with van der Waals surface area (Å²) in [5.41, 5.74) is 0. The fourth-order valence-corrected chi connectivity index (χ4v) is 1.73. The van der Waals surface area contributed by atoms with Crippen molar-refractivity contribution in [3.8, 4) is 0 Å². The van der Waals surface area contributed by atoms with Crippen molar-refractivity contribution in [2.75, 3.05) is 31.7 Å². The summed E-state index contributed by atoms with van der Waals surface area (Å²) in [6.45, 7) is 6.94. The Balaban J connectivity index is 3.54. The van der Waals surface area contributed by atoms with E-state index in [1.165, 1.54) is 18.7 Å². The Labute approximate surface area is 86.7 Å². The number of nitrogens with zero attached hydrogens (tertiary/aromatic N) is 1. The van der Waals surface area contributed by atoms with Gasteiger partial charge in [-0.3, -0.25) is 0 Å². The third kappa shape index (κ3) is 7.35. The highest BCUT2D eigenvalue weighted by Crippen LogP contribution is 2.03. The van der Waals surface area contributed by atoms with E-state index in [-0.39, 0.29) is 0 Å². The molecule has 0 aliphatic heterocycles. The Morgan fingerprint density at radius 2 is 1.85 bits per heavy atom. The molecule has 0 aliphatic rings. The molecular formula is C10H23NOS. The maximum Gasteiger partial charge on any atom is 0.0443 e. The lowest BCUT2D eigenvalue weighted by Crippen LogP contribution is -2.33. The fourth-order valence-electron chi connectivity index (χ4n) is 1.31. The molecule has 0 aromatic rings. The van der Waals surface area contributed by atoms with Gasteiger partial charge in [-0.2, -0.15) is 11.8 Å². The second kappa shape index (κ2) is 8.85. The van der Waals surface area contributed by atoms with Crippen molar-refractivity contribution >= 4 is 11.8 Å². The Kier molecular flexibility index (Phi) is 9.03. The highest BCUT2D eigenvalue weighted by Gasteiger charge is 2.07. The van der Waals surface area contributed by atoms with E-state index in [0.29, 0.717) is 12.6 Å². The van der Waals surface area contributed by atoms with Crippen molar-refractivity contribution in [1.29, 1.82) is 0 Å². The minimum absolute atomic E-state index is 0.311. The minimum atomic E-state index is 0.311. The Morgan fingerprint density at radius 3 is 2.31 bits per heavy atom. The van der Waals surface area contributed by atoms with Gasteiger partial charge in [0, 0.05) is 19.2 Å². The summed E-state index contributed by atoms with van der Waals surface area (Å²) >= 11 is 1.90. The molecule has 0 unspecified atom stereocenters. The molecular weight excluding hydrogens is 182 g/mol. The monoisotopic (exact) mass is 205 g/mol. The lowest BCUT2D eigenvalue weighted by Gasteiger charge is -2.25. The second-order valence-corrected chi connectivity index (χ2v) is 4.54. The number of aliphatic hydroxyl groups is 1. The van der Waals surface area contributed by atoms with Crippen LogP contribution in [-0.2, 0) is 0 Å². The number of hydrogen-bond donors (Lipinski definition) is 1. The van der Waals surface area contributed by atoms with E-state index in [2.05, 4.69) is 25.0 Å². The molecule has 0 heterocycles. The molecule has 0 radical (unpaired) electrons. The van der Waals surface area contributed by atoms with Crippen LogP contribution in [-0.4, -0.2) is 47.8 Å². The average Bonchev–Trinajstić information content (AvgIpc) is 2.10. The van der Waals surface area contributed by atoms with Gasteiger partial charge in [0.15, 0.2) is 0 Å². The predicted molar refractivity (Wildman–Crippen MR) is 61.4 cm³/mol. The molecule has 13 heavy (non-hydrogen) atoms. The van der Waals surface area contributed by atoms with Gasteiger partial charge in [0.2, 0.25) is 0 Å². The van der Waals surface area contributed by atoms with Crippen LogP contribution in [0.4, 0.5) is 0 Å². The maximum absolute atomic E-state index is 8.74. The minimum Gasteiger partial charge on any atom is -0.396 e. The van der Waals surface area contributed by atoms with Crippen molar-refractivity contribution in [3.63, 3.8) is 0 Å². The molecule has 0 aromatic carbocycles. The van der Waals surface area contributed by atoms with Crippen molar-refractivity contribution in [2.45, 2.75) is 32.7 Å². The first kappa shape index (κ1) is 13.3. The first-order chi connectivity index (χ1) is 6.22. The van der Waals surface area contributed by atoms with Gasteiger partial charge in [-0.25, -0.2) is 0 Å². The van der Waals surface area contributed by atoms with Crippen LogP contribution in [0.25, 0.3) is 0 Å². The predicted octanol–water partition coefficient (Wildman–Crippen LogP) is 1.83. The third-order valence-corrected chi connectivity index (χ3v) is 2.82. The molecule has 2 nitrogen and oxygen atoms in total. The largest absolute Gasteiger partial charge is 0.396 e. The van der Waals surface area contributed by atoms with Gasteiger partial charge in [-0.15, -0.1) is 0 Å². The summed E-state index contributed by atoms with van der Waals surface area (Å²) < 4.78 is 0. The van der Waals surface area contributed by atoms with Gasteiger partial charge < -0.3 is 10.0 Å². The molecule has 0 spiro atoms. The standard InChI is InChI=1S/C10H23NOS/c1-10(2)11(6-4-8-12)7-5-9-13-3/h10,12H,4-9H2,1-3H3. The molecule has 0 saturated carbocycles. The zero-order chi connectivity index (χ0) is 10.1. The van der Waals surface area contributed by atoms with Gasteiger partial charge in [-0.1, -0.05) is 0 Å². The summed E-state index contributed by atoms with van der Waals surface area (Å²) in [4.78, 5) is 2.44. The molecule has 0 aromatic heterocycles. The summed E-state index contributed by atoms with van der Waals surface area (Å²) in [5.74, 6) is 1.24. The van der Waals surface area contributed by atoms with E-state index < -0.39 is 0 Å². The first-order valence-corrected chi connectivity index (χ1v) is 6.45. The highest BCUT2D eigenvalue weighted by molar-refractivity contribution is 7.98. The van der Waals surface area contributed by atoms with Crippen molar-refractivity contribution < 1.29 is 5.11 Å². The quantitative estimate of drug-likeness (QED) is 0.612. The van der Waals surface area contributed by atoms with Gasteiger partial charge >= 0.3 is 0 Å². The van der Waals surface area contributed by atoms with Crippen LogP contribution in [0.15, 0.2) is 0 Å². The normalized spacial score (nSPS) is 11.5. The third-order valence-electron chi connectivity index (χ3n) is 2.13. The summed E-state index contributed by atoms with van der Waals surface area (Å²) in [6.07, 6.45) is 4.30. The van der Waals surface area contributed by atoms with Crippen LogP contribution in [0.1, 0.15) is 26.7 Å². The molecule has 1 N–H and O–H groups in total. The van der Waals surface area contributed by atoms with Gasteiger partial charge in [0.05, 0.1) is 0 Å². The van der Waals surface area contributed by atoms with Gasteiger partial charge in [-0.05, 0) is 45.2 Å². The van der Waals surface area contributed by atoms with E-state index in [1.807, 2.05) is 11.8 Å². The highest BCUT2D eigenvalue weighted by atomic mass is 32.2. The second-order valence-electron chi connectivity index (χ2n) is 3.55. The average molecular weight is 205 g/mol. The summed E-state index contributed by atoms with van der Waals surface area (Å²) in [6, 6.07) is 0.605. The zero-order valence-electron chi connectivity index (χ0n) is 9.12. The van der Waals surface area contributed by atoms with Gasteiger partial charge in [0.1, 0.15) is 0 Å². The molecule has 3 heteroatoms. The smallest absolute Gasteiger partial charge is 0.0443 e. The number of rotatable bonds is 8. The number of thioether (sulfide) groups is 1. The first-order valence-electron chi connectivity index (χ1n) is 5.06. The molecule has 0 amide bonds. The summed E-state index contributed by atoms with van der Waals surface area (Å²) in [5, 5.41) is 8.74. The van der Waals surface area contributed by atoms with Gasteiger partial charge in [0.25, 0.3) is 0 Å². The van der Waals surface area contributed by atoms with Crippen LogP contribution in [0.3, 0.4) is 0 Å². The van der Waals surface area contributed by atoms with E-state index in [0.717, 1.165) is 13.0 Å². The van der Waals surface area contributed by atoms with Crippen LogP contribution in [0, 0.1) is 0 Å². The maximum atomic E-state index is 8.74. The van der Waals surface area contributed by atoms with Crippen molar-refractivity contribution in [3.05, 3.63) is 0 Å². The van der Waals surface area contributed by atoms with E-state index in [4.69, 9.17) is 5.11 Å². The van der Waals surface area contributed by atoms with E-state index in [1.54, 1.807) is 0 Å². The molecule has 0 saturated heterocycles. The van der Waals surface area contributed by atoms with Crippen molar-refractivity contribution in [2.24, 2.45) is 0 Å². The molecule has 80 valence electrons. The van der Waals surface area contributed by atoms with Crippen LogP contribution >= 0.6 is 11.8 Å². The lowest BCUT2D eigenvalue weighted by molar-refractivity contribution is 0.192. The fraction of sp³-hybridized carbons (Fsp3) is 1.00. The molecule has 0 aliphatic carbocycles. The lowest BCUT2D eigenvalue weighted by atomic mass is 10.2. The summed E-state index contributed by atoms with van der Waals surface area (Å²) in [7, 11) is 0. The molecule has 0 fully saturated rings. The zero-order valence-corrected chi connectivity index (χ0v) is 9.94. The topological polar surface area (TPSA) is 23.5 Å². The van der Waals surface area contributed by atoms with Crippen LogP contribution in [0.5, 0.6) is 0 Å². The number of hydrogen-bond acceptors (Lipinski definition) is 3. The van der Waals surface area contributed by atoms with E-state index in [9.17, 15) is 0 Å². The number of aliphatic hydroxyl groups excluding tert-OH is 1.